The molecule has 1 aliphatic rings. The highest BCUT2D eigenvalue weighted by molar-refractivity contribution is 14.0. The number of amides is 2. The minimum atomic E-state index is -0.240. The van der Waals surface area contributed by atoms with Crippen LogP contribution >= 0.6 is 24.0 Å². The Balaban J connectivity index is 0.00000392. The molecule has 0 saturated carbocycles. The first-order valence-corrected chi connectivity index (χ1v) is 9.72. The van der Waals surface area contributed by atoms with Crippen LogP contribution in [0.3, 0.4) is 0 Å². The number of halogens is 1. The summed E-state index contributed by atoms with van der Waals surface area (Å²) in [6, 6.07) is 7.52. The largest absolute Gasteiger partial charge is 0.370 e. The number of carbonyl (C=O) groups excluding carboxylic acids is 2. The van der Waals surface area contributed by atoms with Gasteiger partial charge in [0.15, 0.2) is 5.96 Å². The summed E-state index contributed by atoms with van der Waals surface area (Å²) in [6.07, 6.45) is 2.49. The van der Waals surface area contributed by atoms with Gasteiger partial charge in [-0.05, 0) is 50.3 Å². The van der Waals surface area contributed by atoms with Crippen molar-refractivity contribution in [1.29, 1.82) is 0 Å². The zero-order valence-electron chi connectivity index (χ0n) is 16.7. The topological polar surface area (TPSA) is 99.8 Å². The van der Waals surface area contributed by atoms with E-state index in [1.165, 1.54) is 0 Å². The molecule has 0 bridgehead atoms. The van der Waals surface area contributed by atoms with Crippen molar-refractivity contribution in [3.05, 3.63) is 35.4 Å². The zero-order chi connectivity index (χ0) is 19.6. The Labute approximate surface area is 184 Å². The second-order valence-electron chi connectivity index (χ2n) is 6.85. The molecule has 0 radical (unpaired) electrons. The van der Waals surface area contributed by atoms with E-state index in [9.17, 15) is 9.59 Å². The van der Waals surface area contributed by atoms with Crippen molar-refractivity contribution in [3.63, 3.8) is 0 Å². The SMILES string of the molecule is CCNC(=O)c1ccc(CN=C(NCC)N2CCCC(CC(N)=O)C2)cc1.I. The number of guanidine groups is 1. The van der Waals surface area contributed by atoms with Crippen molar-refractivity contribution in [2.24, 2.45) is 16.6 Å². The fourth-order valence-corrected chi connectivity index (χ4v) is 3.32. The predicted octanol–water partition coefficient (Wildman–Crippen LogP) is 2.11. The number of nitrogens with two attached hydrogens (primary N) is 1. The lowest BCUT2D eigenvalue weighted by molar-refractivity contribution is -0.119. The van der Waals surface area contributed by atoms with Crippen LogP contribution in [-0.4, -0.2) is 48.9 Å². The molecule has 2 amide bonds. The molecule has 1 aromatic carbocycles. The lowest BCUT2D eigenvalue weighted by Gasteiger charge is -2.34. The minimum Gasteiger partial charge on any atom is -0.370 e. The molecule has 4 N–H and O–H groups in total. The van der Waals surface area contributed by atoms with E-state index in [2.05, 4.69) is 15.5 Å². The Morgan fingerprint density at radius 3 is 2.46 bits per heavy atom. The van der Waals surface area contributed by atoms with Gasteiger partial charge in [-0.25, -0.2) is 4.99 Å². The number of nitrogens with zero attached hydrogens (tertiary/aromatic N) is 2. The second kappa shape index (κ2) is 12.6. The molecular formula is C20H32IN5O2. The highest BCUT2D eigenvalue weighted by atomic mass is 127. The second-order valence-corrected chi connectivity index (χ2v) is 6.85. The highest BCUT2D eigenvalue weighted by Crippen LogP contribution is 2.19. The molecule has 1 aliphatic heterocycles. The monoisotopic (exact) mass is 501 g/mol. The molecule has 8 heteroatoms. The summed E-state index contributed by atoms with van der Waals surface area (Å²) in [6.45, 7) is 7.60. The van der Waals surface area contributed by atoms with E-state index in [0.29, 0.717) is 25.1 Å². The fraction of sp³-hybridized carbons (Fsp3) is 0.550. The fourth-order valence-electron chi connectivity index (χ4n) is 3.32. The van der Waals surface area contributed by atoms with Gasteiger partial charge in [0, 0.05) is 38.2 Å². The van der Waals surface area contributed by atoms with Crippen LogP contribution in [0.25, 0.3) is 0 Å². The summed E-state index contributed by atoms with van der Waals surface area (Å²) < 4.78 is 0. The van der Waals surface area contributed by atoms with Crippen LogP contribution < -0.4 is 16.4 Å². The number of likely N-dealkylation sites (tertiary alicyclic amines) is 1. The van der Waals surface area contributed by atoms with Crippen molar-refractivity contribution >= 4 is 41.8 Å². The molecule has 0 aliphatic carbocycles. The highest BCUT2D eigenvalue weighted by Gasteiger charge is 2.23. The number of piperidine rings is 1. The van der Waals surface area contributed by atoms with Crippen molar-refractivity contribution in [1.82, 2.24) is 15.5 Å². The van der Waals surface area contributed by atoms with E-state index in [0.717, 1.165) is 44.0 Å². The first kappa shape index (κ1) is 24.2. The third kappa shape index (κ3) is 7.65. The lowest BCUT2D eigenvalue weighted by Crippen LogP contribution is -2.47. The van der Waals surface area contributed by atoms with Crippen LogP contribution in [0, 0.1) is 5.92 Å². The summed E-state index contributed by atoms with van der Waals surface area (Å²) in [5, 5.41) is 6.13. The van der Waals surface area contributed by atoms with Crippen molar-refractivity contribution in [3.8, 4) is 0 Å². The number of rotatable bonds is 7. The number of primary amides is 1. The Morgan fingerprint density at radius 1 is 1.18 bits per heavy atom. The minimum absolute atomic E-state index is 0. The van der Waals surface area contributed by atoms with Gasteiger partial charge in [-0.3, -0.25) is 9.59 Å². The van der Waals surface area contributed by atoms with Crippen LogP contribution in [0.4, 0.5) is 0 Å². The van der Waals surface area contributed by atoms with Gasteiger partial charge < -0.3 is 21.3 Å². The van der Waals surface area contributed by atoms with Gasteiger partial charge in [-0.1, -0.05) is 12.1 Å². The average molecular weight is 501 g/mol. The first-order valence-electron chi connectivity index (χ1n) is 9.72. The normalized spacial score (nSPS) is 16.9. The maximum Gasteiger partial charge on any atom is 0.251 e. The molecule has 2 rings (SSSR count). The predicted molar refractivity (Wildman–Crippen MR) is 123 cm³/mol. The van der Waals surface area contributed by atoms with Gasteiger partial charge in [-0.2, -0.15) is 0 Å². The van der Waals surface area contributed by atoms with Gasteiger partial charge in [0.05, 0.1) is 6.54 Å². The third-order valence-corrected chi connectivity index (χ3v) is 4.61. The van der Waals surface area contributed by atoms with Crippen LogP contribution in [-0.2, 0) is 11.3 Å². The number of nitrogens with one attached hydrogen (secondary N) is 2. The van der Waals surface area contributed by atoms with E-state index in [4.69, 9.17) is 10.7 Å². The molecular weight excluding hydrogens is 469 g/mol. The average Bonchev–Trinajstić information content (AvgIpc) is 2.65. The maximum absolute atomic E-state index is 11.8. The summed E-state index contributed by atoms with van der Waals surface area (Å²) in [5.41, 5.74) is 7.06. The molecule has 0 spiro atoms. The molecule has 1 fully saturated rings. The molecule has 1 aromatic rings. The summed E-state index contributed by atoms with van der Waals surface area (Å²) in [7, 11) is 0. The van der Waals surface area contributed by atoms with Crippen molar-refractivity contribution in [2.45, 2.75) is 39.7 Å². The van der Waals surface area contributed by atoms with Crippen molar-refractivity contribution < 1.29 is 9.59 Å². The van der Waals surface area contributed by atoms with Crippen LogP contribution in [0.15, 0.2) is 29.3 Å². The van der Waals surface area contributed by atoms with E-state index in [1.54, 1.807) is 0 Å². The molecule has 1 saturated heterocycles. The smallest absolute Gasteiger partial charge is 0.251 e. The maximum atomic E-state index is 11.8. The standard InChI is InChI=1S/C20H31N5O2.HI/c1-3-22-19(27)17-9-7-15(8-10-17)13-24-20(23-4-2)25-11-5-6-16(14-25)12-18(21)26;/h7-10,16H,3-6,11-14H2,1-2H3,(H2,21,26)(H,22,27)(H,23,24);1H. The molecule has 28 heavy (non-hydrogen) atoms. The van der Waals surface area contributed by atoms with Crippen LogP contribution in [0.1, 0.15) is 49.0 Å². The van der Waals surface area contributed by atoms with Gasteiger partial charge in [0.1, 0.15) is 0 Å². The van der Waals surface area contributed by atoms with E-state index < -0.39 is 0 Å². The summed E-state index contributed by atoms with van der Waals surface area (Å²) in [4.78, 5) is 30.0. The van der Waals surface area contributed by atoms with E-state index >= 15 is 0 Å². The van der Waals surface area contributed by atoms with Gasteiger partial charge in [-0.15, -0.1) is 24.0 Å². The molecule has 1 atom stereocenters. The van der Waals surface area contributed by atoms with Gasteiger partial charge in [0.25, 0.3) is 5.91 Å². The Morgan fingerprint density at radius 2 is 1.86 bits per heavy atom. The number of carbonyl (C=O) groups is 2. The van der Waals surface area contributed by atoms with Crippen LogP contribution in [0.5, 0.6) is 0 Å². The number of hydrogen-bond acceptors (Lipinski definition) is 3. The van der Waals surface area contributed by atoms with E-state index in [1.807, 2.05) is 38.1 Å². The zero-order valence-corrected chi connectivity index (χ0v) is 19.1. The van der Waals surface area contributed by atoms with Crippen LogP contribution in [0.2, 0.25) is 0 Å². The summed E-state index contributed by atoms with van der Waals surface area (Å²) in [5.74, 6) is 0.849. The molecule has 1 heterocycles. The molecule has 156 valence electrons. The third-order valence-electron chi connectivity index (χ3n) is 4.61. The number of hydrogen-bond donors (Lipinski definition) is 3. The Hall–Kier alpha value is -1.84. The lowest BCUT2D eigenvalue weighted by atomic mass is 9.95. The summed E-state index contributed by atoms with van der Waals surface area (Å²) >= 11 is 0. The molecule has 1 unspecified atom stereocenters. The van der Waals surface area contributed by atoms with Gasteiger partial charge >= 0.3 is 0 Å². The molecule has 7 nitrogen and oxygen atoms in total. The van der Waals surface area contributed by atoms with E-state index in [-0.39, 0.29) is 41.7 Å². The number of aliphatic imine (C=N–C) groups is 1. The Bertz CT molecular complexity index is 663. The van der Waals surface area contributed by atoms with Crippen molar-refractivity contribution in [2.75, 3.05) is 26.2 Å². The quantitative estimate of drug-likeness (QED) is 0.303. The Kier molecular flexibility index (Phi) is 10.9. The van der Waals surface area contributed by atoms with Gasteiger partial charge in [0.2, 0.25) is 5.91 Å². The number of benzene rings is 1. The molecule has 0 aromatic heterocycles. The first-order chi connectivity index (χ1) is 13.0.